The predicted octanol–water partition coefficient (Wildman–Crippen LogP) is 0.826. The Morgan fingerprint density at radius 2 is 2.00 bits per heavy atom. The molecule has 1 saturated heterocycles. The summed E-state index contributed by atoms with van der Waals surface area (Å²) < 4.78 is 13.8. The summed E-state index contributed by atoms with van der Waals surface area (Å²) in [5.41, 5.74) is 8.26. The van der Waals surface area contributed by atoms with Crippen molar-refractivity contribution in [2.24, 2.45) is 5.73 Å². The monoisotopic (exact) mass is 427 g/mol. The first-order chi connectivity index (χ1) is 14.9. The van der Waals surface area contributed by atoms with Gasteiger partial charge < -0.3 is 21.1 Å². The predicted molar refractivity (Wildman–Crippen MR) is 112 cm³/mol. The number of halogens is 1. The molecule has 0 bridgehead atoms. The molecule has 4 N–H and O–H groups in total. The SMILES string of the molecule is CNc1cc(F)cc2c1CC(=O)C(C(=O)Cc1cnc(N3CC(N)C3)nc1)=C2.O=CO. The lowest BCUT2D eigenvalue weighted by molar-refractivity contribution is -0.123. The van der Waals surface area contributed by atoms with Crippen molar-refractivity contribution >= 4 is 35.8 Å². The zero-order valence-corrected chi connectivity index (χ0v) is 16.8. The molecule has 1 aliphatic carbocycles. The highest BCUT2D eigenvalue weighted by Crippen LogP contribution is 2.30. The number of fused-ring (bicyclic) bond motifs is 1. The van der Waals surface area contributed by atoms with E-state index in [4.69, 9.17) is 15.6 Å². The number of allylic oxidation sites excluding steroid dienone is 1. The highest BCUT2D eigenvalue weighted by atomic mass is 19.1. The van der Waals surface area contributed by atoms with Gasteiger partial charge in [-0.3, -0.25) is 14.4 Å². The van der Waals surface area contributed by atoms with Gasteiger partial charge in [-0.2, -0.15) is 0 Å². The van der Waals surface area contributed by atoms with Crippen LogP contribution in [0, 0.1) is 5.82 Å². The van der Waals surface area contributed by atoms with E-state index in [9.17, 15) is 14.0 Å². The van der Waals surface area contributed by atoms with Crippen molar-refractivity contribution < 1.29 is 23.9 Å². The van der Waals surface area contributed by atoms with Crippen molar-refractivity contribution in [3.05, 3.63) is 52.6 Å². The second kappa shape index (κ2) is 9.43. The van der Waals surface area contributed by atoms with Gasteiger partial charge in [0.15, 0.2) is 11.6 Å². The third-order valence-corrected chi connectivity index (χ3v) is 5.01. The number of carboxylic acid groups (broad SMARTS) is 1. The summed E-state index contributed by atoms with van der Waals surface area (Å²) >= 11 is 0. The number of anilines is 2. The van der Waals surface area contributed by atoms with E-state index in [0.29, 0.717) is 41.4 Å². The molecule has 0 spiro atoms. The van der Waals surface area contributed by atoms with Crippen LogP contribution in [-0.4, -0.2) is 59.3 Å². The molecule has 0 atom stereocenters. The summed E-state index contributed by atoms with van der Waals surface area (Å²) in [6.45, 7) is 1.18. The number of hydrogen-bond acceptors (Lipinski definition) is 8. The van der Waals surface area contributed by atoms with Crippen molar-refractivity contribution in [1.82, 2.24) is 9.97 Å². The minimum absolute atomic E-state index is 0.0148. The van der Waals surface area contributed by atoms with Gasteiger partial charge >= 0.3 is 0 Å². The molecule has 4 rings (SSSR count). The topological polar surface area (TPSA) is 139 Å². The maximum absolute atomic E-state index is 13.8. The number of aromatic nitrogens is 2. The van der Waals surface area contributed by atoms with E-state index in [1.807, 2.05) is 4.90 Å². The summed E-state index contributed by atoms with van der Waals surface area (Å²) in [6, 6.07) is 2.83. The molecular weight excluding hydrogens is 405 g/mol. The van der Waals surface area contributed by atoms with Crippen LogP contribution < -0.4 is 16.0 Å². The molecule has 0 radical (unpaired) electrons. The van der Waals surface area contributed by atoms with E-state index in [1.54, 1.807) is 19.4 Å². The lowest BCUT2D eigenvalue weighted by atomic mass is 9.87. The van der Waals surface area contributed by atoms with Gasteiger partial charge in [0.2, 0.25) is 5.95 Å². The van der Waals surface area contributed by atoms with Crippen molar-refractivity contribution in [3.8, 4) is 0 Å². The first kappa shape index (κ1) is 22.0. The molecular formula is C21H22FN5O4. The van der Waals surface area contributed by atoms with Crippen LogP contribution in [0.4, 0.5) is 16.0 Å². The second-order valence-corrected chi connectivity index (χ2v) is 7.19. The van der Waals surface area contributed by atoms with E-state index in [-0.39, 0.29) is 42.5 Å². The Hall–Kier alpha value is -3.66. The Balaban J connectivity index is 0.000000858. The fraction of sp³-hybridized carbons (Fsp3) is 0.286. The molecule has 31 heavy (non-hydrogen) atoms. The molecule has 0 amide bonds. The average molecular weight is 427 g/mol. The number of nitrogens with one attached hydrogen (secondary N) is 1. The molecule has 10 heteroatoms. The van der Waals surface area contributed by atoms with Crippen LogP contribution in [0.15, 0.2) is 30.1 Å². The third-order valence-electron chi connectivity index (χ3n) is 5.01. The van der Waals surface area contributed by atoms with Crippen LogP contribution in [-0.2, 0) is 27.2 Å². The van der Waals surface area contributed by atoms with Crippen LogP contribution >= 0.6 is 0 Å². The van der Waals surface area contributed by atoms with Gasteiger partial charge in [0.25, 0.3) is 6.47 Å². The number of carbonyl (C=O) groups excluding carboxylic acids is 2. The molecule has 2 heterocycles. The van der Waals surface area contributed by atoms with Crippen LogP contribution in [0.25, 0.3) is 6.08 Å². The van der Waals surface area contributed by atoms with Gasteiger partial charge in [0, 0.05) is 57.1 Å². The van der Waals surface area contributed by atoms with Crippen molar-refractivity contribution in [2.45, 2.75) is 18.9 Å². The van der Waals surface area contributed by atoms with Crippen molar-refractivity contribution in [1.29, 1.82) is 0 Å². The summed E-state index contributed by atoms with van der Waals surface area (Å²) in [6.07, 6.45) is 4.73. The van der Waals surface area contributed by atoms with E-state index in [2.05, 4.69) is 15.3 Å². The summed E-state index contributed by atoms with van der Waals surface area (Å²) in [7, 11) is 1.67. The zero-order valence-electron chi connectivity index (χ0n) is 16.8. The van der Waals surface area contributed by atoms with Crippen LogP contribution in [0.3, 0.4) is 0 Å². The first-order valence-corrected chi connectivity index (χ1v) is 9.53. The lowest BCUT2D eigenvalue weighted by Gasteiger charge is -2.36. The van der Waals surface area contributed by atoms with E-state index >= 15 is 0 Å². The second-order valence-electron chi connectivity index (χ2n) is 7.19. The standard InChI is InChI=1S/C20H20FN5O2.CH2O2/c1-23-17-5-13(21)3-12-4-16(19(28)6-15(12)17)18(27)2-11-7-24-20(25-8-11)26-9-14(22)10-26;2-1-3/h3-5,7-8,14,23H,2,6,9-10,22H2,1H3;1H,(H,2,3). The normalized spacial score (nSPS) is 15.1. The van der Waals surface area contributed by atoms with E-state index in [0.717, 1.165) is 0 Å². The van der Waals surface area contributed by atoms with Crippen LogP contribution in [0.1, 0.15) is 16.7 Å². The average Bonchev–Trinajstić information content (AvgIpc) is 2.72. The summed E-state index contributed by atoms with van der Waals surface area (Å²) in [4.78, 5) is 44.0. The molecule has 2 aromatic rings. The highest BCUT2D eigenvalue weighted by Gasteiger charge is 2.27. The molecule has 0 unspecified atom stereocenters. The van der Waals surface area contributed by atoms with E-state index < -0.39 is 5.82 Å². The number of hydrogen-bond donors (Lipinski definition) is 3. The number of rotatable bonds is 5. The fourth-order valence-electron chi connectivity index (χ4n) is 3.49. The molecule has 0 saturated carbocycles. The maximum Gasteiger partial charge on any atom is 0.290 e. The largest absolute Gasteiger partial charge is 0.483 e. The number of Topliss-reactive ketones (excluding diaryl/α,β-unsaturated/α-hetero) is 2. The lowest BCUT2D eigenvalue weighted by Crippen LogP contribution is -2.56. The van der Waals surface area contributed by atoms with Gasteiger partial charge in [-0.05, 0) is 34.9 Å². The maximum atomic E-state index is 13.8. The van der Waals surface area contributed by atoms with Crippen LogP contribution in [0.5, 0.6) is 0 Å². The number of nitrogens with two attached hydrogens (primary N) is 1. The number of carbonyl (C=O) groups is 3. The number of benzene rings is 1. The fourth-order valence-corrected chi connectivity index (χ4v) is 3.49. The Morgan fingerprint density at radius 1 is 1.35 bits per heavy atom. The molecule has 2 aliphatic rings. The van der Waals surface area contributed by atoms with E-state index in [1.165, 1.54) is 18.2 Å². The van der Waals surface area contributed by atoms with Gasteiger partial charge in [-0.25, -0.2) is 14.4 Å². The van der Waals surface area contributed by atoms with Crippen LogP contribution in [0.2, 0.25) is 0 Å². The Labute approximate surface area is 177 Å². The quantitative estimate of drug-likeness (QED) is 0.468. The number of ketones is 2. The highest BCUT2D eigenvalue weighted by molar-refractivity contribution is 6.25. The summed E-state index contributed by atoms with van der Waals surface area (Å²) in [5, 5.41) is 9.78. The number of nitrogens with zero attached hydrogens (tertiary/aromatic N) is 3. The molecule has 1 aromatic heterocycles. The first-order valence-electron chi connectivity index (χ1n) is 9.53. The minimum Gasteiger partial charge on any atom is -0.483 e. The van der Waals surface area contributed by atoms with Crippen molar-refractivity contribution in [2.75, 3.05) is 30.4 Å². The Kier molecular flexibility index (Phi) is 6.71. The Morgan fingerprint density at radius 3 is 2.58 bits per heavy atom. The third kappa shape index (κ3) is 4.92. The summed E-state index contributed by atoms with van der Waals surface area (Å²) in [5.74, 6) is -0.439. The minimum atomic E-state index is -0.421. The zero-order chi connectivity index (χ0) is 22.5. The molecule has 1 aromatic carbocycles. The molecule has 162 valence electrons. The van der Waals surface area contributed by atoms with Crippen molar-refractivity contribution in [3.63, 3.8) is 0 Å². The molecule has 9 nitrogen and oxygen atoms in total. The smallest absolute Gasteiger partial charge is 0.290 e. The van der Waals surface area contributed by atoms with Gasteiger partial charge in [-0.1, -0.05) is 0 Å². The Bertz CT molecular complexity index is 1030. The van der Waals surface area contributed by atoms with Gasteiger partial charge in [0.1, 0.15) is 5.82 Å². The molecule has 1 fully saturated rings. The van der Waals surface area contributed by atoms with Gasteiger partial charge in [0.05, 0.1) is 5.57 Å². The van der Waals surface area contributed by atoms with Gasteiger partial charge in [-0.15, -0.1) is 0 Å². The molecule has 1 aliphatic heterocycles.